The molecular weight excluding hydrogens is 1580 g/mol. The van der Waals surface area contributed by atoms with Gasteiger partial charge in [-0.3, -0.25) is 33.9 Å². The first kappa shape index (κ1) is 88.2. The van der Waals surface area contributed by atoms with Crippen molar-refractivity contribution in [2.75, 3.05) is 86.6 Å². The van der Waals surface area contributed by atoms with Crippen molar-refractivity contribution < 1.29 is 38.2 Å². The number of nitrogens with one attached hydrogen (secondary N) is 5. The summed E-state index contributed by atoms with van der Waals surface area (Å²) in [5.41, 5.74) is 22.1. The second kappa shape index (κ2) is 37.3. The zero-order valence-electron chi connectivity index (χ0n) is 75.0. The maximum absolute atomic E-state index is 14.3. The minimum absolute atomic E-state index is 0.0656. The number of carbonyl (C=O) groups excluding carboxylic acids is 6. The molecule has 3 fully saturated rings. The molecule has 23 nitrogen and oxygen atoms in total. The molecule has 18 rings (SSSR count). The fourth-order valence-corrected chi connectivity index (χ4v) is 23.2. The van der Waals surface area contributed by atoms with E-state index in [4.69, 9.17) is 31.3 Å². The van der Waals surface area contributed by atoms with E-state index in [-0.39, 0.29) is 54.4 Å². The second-order valence-corrected chi connectivity index (χ2v) is 50.2. The van der Waals surface area contributed by atoms with Crippen molar-refractivity contribution >= 4 is 113 Å². The Labute approximate surface area is 728 Å². The Hall–Kier alpha value is -8.63. The number of hydrogen-bond donors (Lipinski definition) is 5. The number of hydrogen-bond acceptors (Lipinski definition) is 11. The lowest BCUT2D eigenvalue weighted by Gasteiger charge is -2.28. The standard InChI is InChI=1S/C34H49N5O3Si.C28H35N5O2.C28H40N4O2Si.C6H10ClNO/c1-6-13-34(14-7-2)27-20-28-26(19-29(27)39(33(34)41)22-30(40)37-15-8-9-16-37)25-12-10-11-24-21-38(36-31(24)32(25)35-28)23-42-17-18-43(3,4)5;1-3-10-28(11-4-2)21-15-22-20(19-9-7-8-18-16-29-31-25(18)26(19)30-22)14-23(21)33(27(28)35)17-24(34)32-12-5-6-13-32;1-6-11-28(12-7-2)22-16-23-21(15-24(22)30-27(28)33)20-10-8-9-19-17-32(31-25(19)26(20)29-23)18-34-13-14-35(3,4)5;7-5-6(9)8-3-1-2-4-8/h19-21,35H,6-18,22-23H2,1-5H3;14-16,30H,3-13,17H2,1-2H3,(H,29,31);15-17,29H,6-14,18H2,1-5H3,(H,30,33);1-5H2. The number of likely N-dealkylation sites (tertiary alicyclic amines) is 3. The first-order valence-electron chi connectivity index (χ1n) is 46.6. The number of alkyl halides is 1. The van der Waals surface area contributed by atoms with E-state index in [0.29, 0.717) is 13.5 Å². The number of anilines is 3. The van der Waals surface area contributed by atoms with Crippen LogP contribution in [-0.2, 0) is 106 Å². The number of nitrogens with zero attached hydrogens (tertiary/aromatic N) is 10. The molecule has 9 aliphatic rings. The van der Waals surface area contributed by atoms with E-state index in [9.17, 15) is 28.8 Å². The minimum atomic E-state index is -1.14. The Balaban J connectivity index is 0.000000136. The summed E-state index contributed by atoms with van der Waals surface area (Å²) in [6, 6.07) is 15.6. The molecule has 0 unspecified atom stereocenters. The van der Waals surface area contributed by atoms with Crippen LogP contribution in [0, 0.1) is 0 Å². The number of H-pyrrole nitrogens is 4. The van der Waals surface area contributed by atoms with E-state index in [0.717, 1.165) is 327 Å². The molecule has 6 amide bonds. The van der Waals surface area contributed by atoms with Gasteiger partial charge in [0.15, 0.2) is 0 Å². The Morgan fingerprint density at radius 1 is 0.451 bits per heavy atom. The largest absolute Gasteiger partial charge is 0.360 e. The molecule has 0 atom stereocenters. The number of rotatable bonds is 27. The lowest BCUT2D eigenvalue weighted by Crippen LogP contribution is -2.45. The van der Waals surface area contributed by atoms with Crippen LogP contribution in [0.5, 0.6) is 0 Å². The molecule has 12 heterocycles. The molecule has 9 aromatic rings. The Morgan fingerprint density at radius 3 is 1.24 bits per heavy atom. The summed E-state index contributed by atoms with van der Waals surface area (Å²) in [6.07, 6.45) is 32.5. The van der Waals surface area contributed by atoms with Gasteiger partial charge < -0.3 is 54.2 Å². The molecule has 6 aromatic heterocycles. The summed E-state index contributed by atoms with van der Waals surface area (Å²) in [4.78, 5) is 99.5. The van der Waals surface area contributed by atoms with E-state index in [2.05, 4.69) is 160 Å². The molecule has 122 heavy (non-hydrogen) atoms. The van der Waals surface area contributed by atoms with Gasteiger partial charge in [-0.25, -0.2) is 9.36 Å². The summed E-state index contributed by atoms with van der Waals surface area (Å²) in [6.45, 7) is 35.0. The van der Waals surface area contributed by atoms with Crippen LogP contribution in [0.3, 0.4) is 0 Å². The number of aromatic amines is 4. The first-order valence-corrected chi connectivity index (χ1v) is 54.5. The van der Waals surface area contributed by atoms with Crippen molar-refractivity contribution in [2.24, 2.45) is 0 Å². The van der Waals surface area contributed by atoms with Crippen LogP contribution >= 0.6 is 11.6 Å². The van der Waals surface area contributed by atoms with Crippen LogP contribution in [0.15, 0.2) is 55.0 Å². The van der Waals surface area contributed by atoms with Crippen LogP contribution in [0.25, 0.3) is 66.9 Å². The van der Waals surface area contributed by atoms with Crippen molar-refractivity contribution in [3.05, 3.63) is 105 Å². The molecule has 3 saturated heterocycles. The van der Waals surface area contributed by atoms with Crippen LogP contribution in [0.4, 0.5) is 17.1 Å². The molecular formula is C96H134ClN15O8Si2. The lowest BCUT2D eigenvalue weighted by molar-refractivity contribution is -0.131. The summed E-state index contributed by atoms with van der Waals surface area (Å²) in [7, 11) is -2.23. The average molecular weight is 1720 g/mol. The molecule has 0 bridgehead atoms. The maximum Gasteiger partial charge on any atom is 0.242 e. The smallest absolute Gasteiger partial charge is 0.242 e. The van der Waals surface area contributed by atoms with Crippen LogP contribution in [0.1, 0.15) is 226 Å². The topological polar surface area (TPSA) is 261 Å². The highest BCUT2D eigenvalue weighted by molar-refractivity contribution is 6.76. The van der Waals surface area contributed by atoms with E-state index in [1.165, 1.54) is 44.8 Å². The third-order valence-corrected chi connectivity index (χ3v) is 31.2. The summed E-state index contributed by atoms with van der Waals surface area (Å²) in [5, 5.41) is 24.3. The summed E-state index contributed by atoms with van der Waals surface area (Å²) < 4.78 is 15.9. The number of halogens is 1. The number of aromatic nitrogens is 9. The molecule has 26 heteroatoms. The van der Waals surface area contributed by atoms with E-state index in [1.807, 2.05) is 40.1 Å². The predicted molar refractivity (Wildman–Crippen MR) is 495 cm³/mol. The van der Waals surface area contributed by atoms with E-state index < -0.39 is 32.4 Å². The van der Waals surface area contributed by atoms with Gasteiger partial charge in [0.25, 0.3) is 0 Å². The van der Waals surface area contributed by atoms with Gasteiger partial charge in [0.1, 0.15) is 43.8 Å². The molecule has 656 valence electrons. The van der Waals surface area contributed by atoms with Crippen molar-refractivity contribution in [2.45, 2.75) is 296 Å². The van der Waals surface area contributed by atoms with Gasteiger partial charge >= 0.3 is 0 Å². The van der Waals surface area contributed by atoms with Crippen molar-refractivity contribution in [3.63, 3.8) is 0 Å². The number of benzene rings is 3. The SMILES string of the molecule is CCCC1(CCC)C(=O)N(CC(=O)N2CCCC2)c2cc3c4c([nH]c3cc21)-c1[nH]ncc1CCC4.CCCC1(CCC)C(=O)N(CC(=O)N2CCCC2)c2cc3c4c([nH]c3cc21)-c1nn(COCC[Si](C)(C)C)cc1CCC4.CCCC1(CCC)C(=O)Nc2cc3c4c([nH]c3cc21)-c1nn(COCC[Si](C)(C)C)cc1CCC4.O=C(CCl)N1CCCC1. The highest BCUT2D eigenvalue weighted by atomic mass is 35.5. The number of carbonyl (C=O) groups is 6. The zero-order chi connectivity index (χ0) is 86.0. The van der Waals surface area contributed by atoms with Crippen molar-refractivity contribution in [1.82, 2.24) is 59.4 Å². The number of ether oxygens (including phenoxy) is 2. The molecule has 0 saturated carbocycles. The molecule has 5 N–H and O–H groups in total. The third-order valence-electron chi connectivity index (χ3n) is 27.5. The molecule has 6 aliphatic heterocycles. The molecule has 3 aliphatic carbocycles. The van der Waals surface area contributed by atoms with E-state index in [1.54, 1.807) is 0 Å². The van der Waals surface area contributed by atoms with Crippen LogP contribution in [0.2, 0.25) is 51.4 Å². The minimum Gasteiger partial charge on any atom is -0.360 e. The average Bonchev–Trinajstić information content (AvgIpc) is 1.56. The van der Waals surface area contributed by atoms with Gasteiger partial charge in [0.2, 0.25) is 35.4 Å². The van der Waals surface area contributed by atoms with Gasteiger partial charge in [-0.2, -0.15) is 15.3 Å². The summed E-state index contributed by atoms with van der Waals surface area (Å²) in [5.74, 6) is 0.738. The maximum atomic E-state index is 14.3. The fraction of sp³-hybridized carbons (Fsp3) is 0.594. The van der Waals surface area contributed by atoms with Crippen LogP contribution in [-0.4, -0.2) is 182 Å². The van der Waals surface area contributed by atoms with Gasteiger partial charge in [-0.1, -0.05) is 119 Å². The second-order valence-electron chi connectivity index (χ2n) is 38.7. The predicted octanol–water partition coefficient (Wildman–Crippen LogP) is 19.0. The van der Waals surface area contributed by atoms with Gasteiger partial charge in [0, 0.05) is 131 Å². The molecule has 0 spiro atoms. The van der Waals surface area contributed by atoms with Crippen LogP contribution < -0.4 is 15.1 Å². The summed E-state index contributed by atoms with van der Waals surface area (Å²) >= 11 is 5.34. The van der Waals surface area contributed by atoms with E-state index >= 15 is 0 Å². The number of amides is 6. The van der Waals surface area contributed by atoms with Gasteiger partial charge in [0.05, 0.1) is 45.2 Å². The highest BCUT2D eigenvalue weighted by Gasteiger charge is 2.53. The Bertz CT molecular complexity index is 5300. The Morgan fingerprint density at radius 2 is 0.828 bits per heavy atom. The van der Waals surface area contributed by atoms with Gasteiger partial charge in [-0.05, 0) is 233 Å². The first-order chi connectivity index (χ1) is 58.8. The number of fused-ring (bicyclic) bond motifs is 18. The van der Waals surface area contributed by atoms with Crippen molar-refractivity contribution in [1.29, 1.82) is 0 Å². The van der Waals surface area contributed by atoms with Crippen molar-refractivity contribution in [3.8, 4) is 34.2 Å². The molecule has 3 aromatic carbocycles. The third kappa shape index (κ3) is 17.5. The monoisotopic (exact) mass is 1720 g/mol. The molecule has 0 radical (unpaired) electrons. The highest BCUT2D eigenvalue weighted by Crippen LogP contribution is 2.54. The zero-order valence-corrected chi connectivity index (χ0v) is 77.8. The fourth-order valence-electron chi connectivity index (χ4n) is 21.5. The Kier molecular flexibility index (Phi) is 27.0. The normalized spacial score (nSPS) is 17.8. The quantitative estimate of drug-likeness (QED) is 0.0184. The lowest BCUT2D eigenvalue weighted by atomic mass is 9.74. The number of aryl methyl sites for hydroxylation is 6. The van der Waals surface area contributed by atoms with Gasteiger partial charge in [-0.15, -0.1) is 11.6 Å².